The molecule has 0 bridgehead atoms. The van der Waals surface area contributed by atoms with Gasteiger partial charge in [0.05, 0.1) is 12.1 Å². The molecule has 0 aliphatic rings. The minimum atomic E-state index is -1.11. The summed E-state index contributed by atoms with van der Waals surface area (Å²) in [7, 11) is 1.49. The molecule has 4 aromatic rings. The first-order chi connectivity index (χ1) is 17.0. The minimum absolute atomic E-state index is 0.0842. The first kappa shape index (κ1) is 24.0. The Hall–Kier alpha value is -4.18. The average molecular weight is 479 g/mol. The Balaban J connectivity index is 1.68. The topological polar surface area (TPSA) is 89.3 Å². The van der Waals surface area contributed by atoms with Crippen molar-refractivity contribution >= 4 is 28.5 Å². The van der Waals surface area contributed by atoms with Crippen LogP contribution in [0.25, 0.3) is 11.0 Å². The molecular weight excluding hydrogens is 456 g/mol. The van der Waals surface area contributed by atoms with Crippen LogP contribution in [0.2, 0.25) is 0 Å². The number of hydrogen-bond donors (Lipinski definition) is 1. The van der Waals surface area contributed by atoms with E-state index in [-0.39, 0.29) is 19.7 Å². The third-order valence-electron chi connectivity index (χ3n) is 5.42. The number of ether oxygens (including phenoxy) is 1. The molecule has 0 aliphatic heterocycles. The fraction of sp³-hybridized carbons (Fsp3) is 0.200. The van der Waals surface area contributed by atoms with Gasteiger partial charge in [0.25, 0.3) is 5.91 Å². The third kappa shape index (κ3) is 5.67. The summed E-state index contributed by atoms with van der Waals surface area (Å²) in [5.41, 5.74) is 2.05. The monoisotopic (exact) mass is 479 g/mol. The number of nitrogens with one attached hydrogen (secondary N) is 1. The first-order valence-electron chi connectivity index (χ1n) is 10.8. The molecule has 1 heterocycles. The average Bonchev–Trinajstić information content (AvgIpc) is 3.26. The van der Waals surface area contributed by atoms with Crippen LogP contribution in [0, 0.1) is 11.6 Å². The number of fused-ring (bicyclic) bond motifs is 1. The van der Waals surface area contributed by atoms with Crippen molar-refractivity contribution in [1.29, 1.82) is 0 Å². The summed E-state index contributed by atoms with van der Waals surface area (Å²) >= 11 is 0. The SMILES string of the molecule is COCCN(C(=O)Cn1nnc2ccccc21)[C@@H](C(=O)Nc1ccc(F)cc1)c1ccc(F)cc1. The number of hydrogen-bond acceptors (Lipinski definition) is 5. The molecule has 0 saturated heterocycles. The number of benzene rings is 3. The molecule has 10 heteroatoms. The van der Waals surface area contributed by atoms with E-state index in [1.165, 1.54) is 65.2 Å². The second-order valence-electron chi connectivity index (χ2n) is 7.77. The molecule has 0 radical (unpaired) electrons. The van der Waals surface area contributed by atoms with Gasteiger partial charge in [0, 0.05) is 19.3 Å². The number of nitrogens with zero attached hydrogens (tertiary/aromatic N) is 4. The van der Waals surface area contributed by atoms with Gasteiger partial charge in [-0.3, -0.25) is 9.59 Å². The predicted molar refractivity (Wildman–Crippen MR) is 125 cm³/mol. The zero-order chi connectivity index (χ0) is 24.8. The highest BCUT2D eigenvalue weighted by atomic mass is 19.1. The first-order valence-corrected chi connectivity index (χ1v) is 10.8. The van der Waals surface area contributed by atoms with Gasteiger partial charge in [0.1, 0.15) is 29.7 Å². The van der Waals surface area contributed by atoms with Gasteiger partial charge < -0.3 is 15.0 Å². The molecule has 1 N–H and O–H groups in total. The molecule has 0 saturated carbocycles. The van der Waals surface area contributed by atoms with Crippen molar-refractivity contribution in [3.63, 3.8) is 0 Å². The molecule has 35 heavy (non-hydrogen) atoms. The molecule has 8 nitrogen and oxygen atoms in total. The molecule has 1 atom stereocenters. The number of amides is 2. The van der Waals surface area contributed by atoms with Gasteiger partial charge in [-0.15, -0.1) is 5.10 Å². The number of carbonyl (C=O) groups excluding carboxylic acids is 2. The lowest BCUT2D eigenvalue weighted by Gasteiger charge is -2.31. The predicted octanol–water partition coefficient (Wildman–Crippen LogP) is 3.56. The largest absolute Gasteiger partial charge is 0.383 e. The summed E-state index contributed by atoms with van der Waals surface area (Å²) in [6.45, 7) is 0.0674. The maximum atomic E-state index is 13.6. The van der Waals surface area contributed by atoms with Crippen molar-refractivity contribution < 1.29 is 23.1 Å². The Kier molecular flexibility index (Phi) is 7.41. The van der Waals surface area contributed by atoms with E-state index >= 15 is 0 Å². The highest BCUT2D eigenvalue weighted by Crippen LogP contribution is 2.25. The van der Waals surface area contributed by atoms with Crippen LogP contribution in [0.5, 0.6) is 0 Å². The van der Waals surface area contributed by atoms with Crippen molar-refractivity contribution in [3.05, 3.63) is 90.0 Å². The number of aromatic nitrogens is 3. The van der Waals surface area contributed by atoms with E-state index in [0.29, 0.717) is 22.3 Å². The Labute approximate surface area is 200 Å². The number of anilines is 1. The van der Waals surface area contributed by atoms with Gasteiger partial charge >= 0.3 is 0 Å². The van der Waals surface area contributed by atoms with E-state index in [2.05, 4.69) is 15.6 Å². The molecule has 0 aliphatic carbocycles. The lowest BCUT2D eigenvalue weighted by atomic mass is 10.0. The molecule has 0 fully saturated rings. The highest BCUT2D eigenvalue weighted by Gasteiger charge is 2.32. The summed E-state index contributed by atoms with van der Waals surface area (Å²) in [5.74, 6) is -1.89. The van der Waals surface area contributed by atoms with Gasteiger partial charge in [-0.2, -0.15) is 0 Å². The highest BCUT2D eigenvalue weighted by molar-refractivity contribution is 5.98. The smallest absolute Gasteiger partial charge is 0.251 e. The van der Waals surface area contributed by atoms with Crippen molar-refractivity contribution in [3.8, 4) is 0 Å². The lowest BCUT2D eigenvalue weighted by molar-refractivity contribution is -0.140. The number of rotatable bonds is 9. The van der Waals surface area contributed by atoms with Crippen LogP contribution in [0.4, 0.5) is 14.5 Å². The molecule has 180 valence electrons. The second-order valence-corrected chi connectivity index (χ2v) is 7.77. The number of carbonyl (C=O) groups is 2. The Morgan fingerprint density at radius 3 is 2.34 bits per heavy atom. The Morgan fingerprint density at radius 1 is 1.00 bits per heavy atom. The number of halogens is 2. The van der Waals surface area contributed by atoms with Crippen LogP contribution in [0.3, 0.4) is 0 Å². The quantitative estimate of drug-likeness (QED) is 0.397. The summed E-state index contributed by atoms with van der Waals surface area (Å²) in [6, 6.07) is 16.7. The van der Waals surface area contributed by atoms with Crippen molar-refractivity contribution in [1.82, 2.24) is 19.9 Å². The molecular formula is C25H23F2N5O3. The van der Waals surface area contributed by atoms with Gasteiger partial charge in [-0.25, -0.2) is 13.5 Å². The Bertz CT molecular complexity index is 1310. The van der Waals surface area contributed by atoms with Gasteiger partial charge in [-0.05, 0) is 54.1 Å². The van der Waals surface area contributed by atoms with Gasteiger partial charge in [0.2, 0.25) is 5.91 Å². The van der Waals surface area contributed by atoms with Crippen LogP contribution in [-0.2, 0) is 20.9 Å². The molecule has 0 unspecified atom stereocenters. The third-order valence-corrected chi connectivity index (χ3v) is 5.42. The van der Waals surface area contributed by atoms with Gasteiger partial charge in [0.15, 0.2) is 0 Å². The van der Waals surface area contributed by atoms with Crippen LogP contribution in [-0.4, -0.2) is 52.0 Å². The normalized spacial score (nSPS) is 11.9. The molecule has 0 spiro atoms. The summed E-state index contributed by atoms with van der Waals surface area (Å²) in [5, 5.41) is 10.8. The fourth-order valence-electron chi connectivity index (χ4n) is 3.70. The van der Waals surface area contributed by atoms with E-state index in [0.717, 1.165) is 0 Å². The second kappa shape index (κ2) is 10.8. The van der Waals surface area contributed by atoms with Crippen molar-refractivity contribution in [2.75, 3.05) is 25.6 Å². The zero-order valence-corrected chi connectivity index (χ0v) is 18.9. The van der Waals surface area contributed by atoms with Crippen molar-refractivity contribution in [2.24, 2.45) is 0 Å². The van der Waals surface area contributed by atoms with Crippen LogP contribution in [0.1, 0.15) is 11.6 Å². The van der Waals surface area contributed by atoms with E-state index in [9.17, 15) is 18.4 Å². The van der Waals surface area contributed by atoms with E-state index in [1.807, 2.05) is 12.1 Å². The van der Waals surface area contributed by atoms with E-state index in [1.54, 1.807) is 12.1 Å². The lowest BCUT2D eigenvalue weighted by Crippen LogP contribution is -2.44. The molecule has 4 rings (SSSR count). The number of para-hydroxylation sites is 1. The zero-order valence-electron chi connectivity index (χ0n) is 18.9. The maximum absolute atomic E-state index is 13.6. The Morgan fingerprint density at radius 2 is 1.66 bits per heavy atom. The molecule has 2 amide bonds. The minimum Gasteiger partial charge on any atom is -0.383 e. The summed E-state index contributed by atoms with van der Waals surface area (Å²) in [6.07, 6.45) is 0. The van der Waals surface area contributed by atoms with Gasteiger partial charge in [-0.1, -0.05) is 29.5 Å². The van der Waals surface area contributed by atoms with Crippen LogP contribution in [0.15, 0.2) is 72.8 Å². The standard InChI is InChI=1S/C25H23F2N5O3/c1-35-15-14-31(23(33)16-32-22-5-3-2-4-21(22)29-30-32)24(17-6-8-18(26)9-7-17)25(34)28-20-12-10-19(27)11-13-20/h2-13,24H,14-16H2,1H3,(H,28,34)/t24-/m1/s1. The van der Waals surface area contributed by atoms with Crippen LogP contribution >= 0.6 is 0 Å². The van der Waals surface area contributed by atoms with E-state index < -0.39 is 29.5 Å². The van der Waals surface area contributed by atoms with Crippen LogP contribution < -0.4 is 5.32 Å². The maximum Gasteiger partial charge on any atom is 0.251 e. The number of methoxy groups -OCH3 is 1. The fourth-order valence-corrected chi connectivity index (χ4v) is 3.70. The van der Waals surface area contributed by atoms with E-state index in [4.69, 9.17) is 4.74 Å². The molecule has 3 aromatic carbocycles. The van der Waals surface area contributed by atoms with Crippen molar-refractivity contribution in [2.45, 2.75) is 12.6 Å². The summed E-state index contributed by atoms with van der Waals surface area (Å²) in [4.78, 5) is 28.3. The molecule has 1 aromatic heterocycles. The summed E-state index contributed by atoms with van der Waals surface area (Å²) < 4.78 is 33.6.